The van der Waals surface area contributed by atoms with Crippen LogP contribution in [-0.4, -0.2) is 40.5 Å². The molecule has 2 fully saturated rings. The Hall–Kier alpha value is -2.64. The Kier molecular flexibility index (Phi) is 3.89. The molecule has 1 aromatic carbocycles. The molecule has 8 heteroatoms. The number of hydrogen-bond donors (Lipinski definition) is 2. The quantitative estimate of drug-likeness (QED) is 0.629. The summed E-state index contributed by atoms with van der Waals surface area (Å²) in [6, 6.07) is 3.61. The van der Waals surface area contributed by atoms with Crippen molar-refractivity contribution in [1.82, 2.24) is 5.32 Å². The second-order valence-electron chi connectivity index (χ2n) is 5.90. The number of nitrogens with one attached hydrogen (secondary N) is 1. The molecular formula is C15H17N3O5. The maximum Gasteiger partial charge on any atom is 0.326 e. The van der Waals surface area contributed by atoms with Crippen LogP contribution < -0.4 is 10.2 Å². The molecule has 0 radical (unpaired) electrons. The minimum Gasteiger partial charge on any atom is -0.480 e. The van der Waals surface area contributed by atoms with Gasteiger partial charge in [0.15, 0.2) is 0 Å². The van der Waals surface area contributed by atoms with E-state index >= 15 is 0 Å². The first kappa shape index (κ1) is 15.3. The van der Waals surface area contributed by atoms with Crippen LogP contribution in [0.15, 0.2) is 18.2 Å². The summed E-state index contributed by atoms with van der Waals surface area (Å²) in [4.78, 5) is 35.7. The third-order valence-corrected chi connectivity index (χ3v) is 4.19. The highest BCUT2D eigenvalue weighted by Crippen LogP contribution is 2.34. The van der Waals surface area contributed by atoms with Gasteiger partial charge in [-0.05, 0) is 37.8 Å². The molecule has 3 rings (SSSR count). The van der Waals surface area contributed by atoms with Crippen LogP contribution in [0.25, 0.3) is 0 Å². The molecule has 1 aromatic rings. The van der Waals surface area contributed by atoms with Crippen molar-refractivity contribution in [2.75, 3.05) is 11.4 Å². The molecule has 1 atom stereocenters. The van der Waals surface area contributed by atoms with Crippen molar-refractivity contribution in [3.63, 3.8) is 0 Å². The number of benzene rings is 1. The number of carbonyl (C=O) groups is 2. The SMILES string of the molecule is O=C(NC1CC1)c1ccc(N2CCC[C@H]2C(=O)O)c([N+](=O)[O-])c1. The van der Waals surface area contributed by atoms with Gasteiger partial charge in [-0.15, -0.1) is 0 Å². The number of nitro benzene ring substituents is 1. The lowest BCUT2D eigenvalue weighted by atomic mass is 10.1. The lowest BCUT2D eigenvalue weighted by molar-refractivity contribution is -0.384. The highest BCUT2D eigenvalue weighted by atomic mass is 16.6. The number of nitro groups is 1. The van der Waals surface area contributed by atoms with Gasteiger partial charge in [0.25, 0.3) is 11.6 Å². The second kappa shape index (κ2) is 5.86. The van der Waals surface area contributed by atoms with Gasteiger partial charge in [0, 0.05) is 24.2 Å². The normalized spacial score (nSPS) is 20.3. The van der Waals surface area contributed by atoms with E-state index in [0.717, 1.165) is 12.8 Å². The first-order valence-electron chi connectivity index (χ1n) is 7.56. The molecule has 0 spiro atoms. The van der Waals surface area contributed by atoms with Gasteiger partial charge in [0.1, 0.15) is 11.7 Å². The third kappa shape index (κ3) is 3.10. The summed E-state index contributed by atoms with van der Waals surface area (Å²) in [7, 11) is 0. The first-order chi connectivity index (χ1) is 11.0. The Balaban J connectivity index is 1.92. The van der Waals surface area contributed by atoms with Crippen LogP contribution in [0.1, 0.15) is 36.0 Å². The monoisotopic (exact) mass is 319 g/mol. The largest absolute Gasteiger partial charge is 0.480 e. The molecule has 1 saturated carbocycles. The maximum atomic E-state index is 12.0. The van der Waals surface area contributed by atoms with E-state index in [-0.39, 0.29) is 28.9 Å². The lowest BCUT2D eigenvalue weighted by Crippen LogP contribution is -2.36. The Morgan fingerprint density at radius 1 is 1.30 bits per heavy atom. The van der Waals surface area contributed by atoms with Crippen molar-refractivity contribution in [2.45, 2.75) is 37.8 Å². The van der Waals surface area contributed by atoms with Gasteiger partial charge in [0.2, 0.25) is 0 Å². The number of nitrogens with zero attached hydrogens (tertiary/aromatic N) is 2. The van der Waals surface area contributed by atoms with E-state index < -0.39 is 16.9 Å². The molecule has 1 heterocycles. The van der Waals surface area contributed by atoms with E-state index in [1.807, 2.05) is 0 Å². The highest BCUT2D eigenvalue weighted by Gasteiger charge is 2.35. The van der Waals surface area contributed by atoms with Crippen LogP contribution >= 0.6 is 0 Å². The van der Waals surface area contributed by atoms with E-state index in [1.165, 1.54) is 23.1 Å². The number of aliphatic carboxylic acids is 1. The zero-order valence-corrected chi connectivity index (χ0v) is 12.4. The fraction of sp³-hybridized carbons (Fsp3) is 0.467. The van der Waals surface area contributed by atoms with Crippen LogP contribution in [0.3, 0.4) is 0 Å². The van der Waals surface area contributed by atoms with Crippen molar-refractivity contribution in [1.29, 1.82) is 0 Å². The zero-order valence-electron chi connectivity index (χ0n) is 12.4. The molecule has 1 amide bonds. The van der Waals surface area contributed by atoms with E-state index in [2.05, 4.69) is 5.32 Å². The Morgan fingerprint density at radius 3 is 2.65 bits per heavy atom. The summed E-state index contributed by atoms with van der Waals surface area (Å²) in [5.41, 5.74) is 0.239. The van der Waals surface area contributed by atoms with Gasteiger partial charge < -0.3 is 15.3 Å². The minimum absolute atomic E-state index is 0.163. The lowest BCUT2D eigenvalue weighted by Gasteiger charge is -2.23. The maximum absolute atomic E-state index is 12.0. The summed E-state index contributed by atoms with van der Waals surface area (Å²) in [6.07, 6.45) is 2.98. The van der Waals surface area contributed by atoms with E-state index in [1.54, 1.807) is 0 Å². The minimum atomic E-state index is -0.993. The molecule has 1 saturated heterocycles. The number of anilines is 1. The topological polar surface area (TPSA) is 113 Å². The standard InChI is InChI=1S/C15H17N3O5/c19-14(16-10-4-5-10)9-3-6-11(13(8-9)18(22)23)17-7-1-2-12(17)15(20)21/h3,6,8,10,12H,1-2,4-5,7H2,(H,16,19)(H,20,21)/t12-/m0/s1. The van der Waals surface area contributed by atoms with Crippen LogP contribution in [0.4, 0.5) is 11.4 Å². The highest BCUT2D eigenvalue weighted by molar-refractivity contribution is 5.96. The summed E-state index contributed by atoms with van der Waals surface area (Å²) in [6.45, 7) is 0.450. The fourth-order valence-corrected chi connectivity index (χ4v) is 2.86. The van der Waals surface area contributed by atoms with Crippen molar-refractivity contribution in [3.8, 4) is 0 Å². The van der Waals surface area contributed by atoms with Crippen molar-refractivity contribution >= 4 is 23.3 Å². The number of amides is 1. The Bertz CT molecular complexity index is 671. The van der Waals surface area contributed by atoms with Gasteiger partial charge >= 0.3 is 5.97 Å². The molecule has 0 unspecified atom stereocenters. The van der Waals surface area contributed by atoms with E-state index in [0.29, 0.717) is 19.4 Å². The van der Waals surface area contributed by atoms with E-state index in [4.69, 9.17) is 0 Å². The van der Waals surface area contributed by atoms with E-state index in [9.17, 15) is 24.8 Å². The number of rotatable bonds is 5. The predicted molar refractivity (Wildman–Crippen MR) is 81.6 cm³/mol. The second-order valence-corrected chi connectivity index (χ2v) is 5.90. The molecule has 1 aliphatic carbocycles. The molecular weight excluding hydrogens is 302 g/mol. The van der Waals surface area contributed by atoms with Gasteiger partial charge in [0.05, 0.1) is 4.92 Å². The number of carbonyl (C=O) groups excluding carboxylic acids is 1. The Labute approximate surface area is 132 Å². The van der Waals surface area contributed by atoms with Crippen molar-refractivity contribution in [2.24, 2.45) is 0 Å². The molecule has 23 heavy (non-hydrogen) atoms. The smallest absolute Gasteiger partial charge is 0.326 e. The summed E-state index contributed by atoms with van der Waals surface area (Å²) in [5, 5.41) is 23.4. The molecule has 8 nitrogen and oxygen atoms in total. The summed E-state index contributed by atoms with van der Waals surface area (Å²) >= 11 is 0. The van der Waals surface area contributed by atoms with Crippen LogP contribution in [0.5, 0.6) is 0 Å². The van der Waals surface area contributed by atoms with Gasteiger partial charge in [-0.1, -0.05) is 0 Å². The molecule has 122 valence electrons. The number of carboxylic acid groups (broad SMARTS) is 1. The zero-order chi connectivity index (χ0) is 16.6. The number of carboxylic acids is 1. The third-order valence-electron chi connectivity index (χ3n) is 4.19. The molecule has 2 aliphatic rings. The van der Waals surface area contributed by atoms with Crippen LogP contribution in [0.2, 0.25) is 0 Å². The van der Waals surface area contributed by atoms with Gasteiger partial charge in [-0.2, -0.15) is 0 Å². The van der Waals surface area contributed by atoms with Gasteiger partial charge in [-0.25, -0.2) is 4.79 Å². The molecule has 1 aliphatic heterocycles. The number of hydrogen-bond acceptors (Lipinski definition) is 5. The molecule has 2 N–H and O–H groups in total. The average Bonchev–Trinajstić information content (AvgIpc) is 3.18. The first-order valence-corrected chi connectivity index (χ1v) is 7.56. The summed E-state index contributed by atoms with van der Waals surface area (Å²) < 4.78 is 0. The predicted octanol–water partition coefficient (Wildman–Crippen LogP) is 1.54. The van der Waals surface area contributed by atoms with Crippen LogP contribution in [0, 0.1) is 10.1 Å². The van der Waals surface area contributed by atoms with Crippen LogP contribution in [-0.2, 0) is 4.79 Å². The fourth-order valence-electron chi connectivity index (χ4n) is 2.86. The molecule has 0 bridgehead atoms. The van der Waals surface area contributed by atoms with Crippen molar-refractivity contribution in [3.05, 3.63) is 33.9 Å². The Morgan fingerprint density at radius 2 is 2.04 bits per heavy atom. The van der Waals surface area contributed by atoms with Crippen molar-refractivity contribution < 1.29 is 19.6 Å². The average molecular weight is 319 g/mol. The van der Waals surface area contributed by atoms with Gasteiger partial charge in [-0.3, -0.25) is 14.9 Å². The molecule has 0 aromatic heterocycles. The summed E-state index contributed by atoms with van der Waals surface area (Å²) in [5.74, 6) is -1.33.